The van der Waals surface area contributed by atoms with Gasteiger partial charge in [-0.2, -0.15) is 0 Å². The fourth-order valence-electron chi connectivity index (χ4n) is 2.44. The molecule has 1 aromatic carbocycles. The standard InChI is InChI=1S/C16H23N3/c1-11(2)9-14(10-17)16-18-12(3)15(19-16)13-7-5-4-6-8-13/h4-8,11,14H,9-10,17H2,1-3H3,(H,18,19). The molecule has 0 bridgehead atoms. The summed E-state index contributed by atoms with van der Waals surface area (Å²) in [6, 6.07) is 10.3. The first-order chi connectivity index (χ1) is 9.11. The fraction of sp³-hybridized carbons (Fsp3) is 0.438. The van der Waals surface area contributed by atoms with Crippen LogP contribution in [0.4, 0.5) is 0 Å². The SMILES string of the molecule is Cc1[nH]c(C(CN)CC(C)C)nc1-c1ccccc1. The smallest absolute Gasteiger partial charge is 0.111 e. The summed E-state index contributed by atoms with van der Waals surface area (Å²) in [7, 11) is 0. The second kappa shape index (κ2) is 6.02. The number of nitrogens with zero attached hydrogens (tertiary/aromatic N) is 1. The molecule has 0 aliphatic heterocycles. The van der Waals surface area contributed by atoms with Crippen LogP contribution in [0.25, 0.3) is 11.3 Å². The number of aryl methyl sites for hydroxylation is 1. The zero-order chi connectivity index (χ0) is 13.8. The van der Waals surface area contributed by atoms with Crippen LogP contribution in [0.5, 0.6) is 0 Å². The lowest BCUT2D eigenvalue weighted by Gasteiger charge is -2.14. The molecule has 0 fully saturated rings. The van der Waals surface area contributed by atoms with Gasteiger partial charge in [0.05, 0.1) is 5.69 Å². The van der Waals surface area contributed by atoms with Crippen LogP contribution < -0.4 is 5.73 Å². The summed E-state index contributed by atoms with van der Waals surface area (Å²) in [6.07, 6.45) is 1.07. The quantitative estimate of drug-likeness (QED) is 0.861. The number of rotatable bonds is 5. The molecule has 19 heavy (non-hydrogen) atoms. The summed E-state index contributed by atoms with van der Waals surface area (Å²) in [5, 5.41) is 0. The predicted molar refractivity (Wildman–Crippen MR) is 80.0 cm³/mol. The van der Waals surface area contributed by atoms with Gasteiger partial charge >= 0.3 is 0 Å². The van der Waals surface area contributed by atoms with Gasteiger partial charge < -0.3 is 10.7 Å². The van der Waals surface area contributed by atoms with Crippen LogP contribution in [-0.4, -0.2) is 16.5 Å². The third-order valence-corrected chi connectivity index (χ3v) is 3.38. The largest absolute Gasteiger partial charge is 0.345 e. The summed E-state index contributed by atoms with van der Waals surface area (Å²) in [4.78, 5) is 8.18. The lowest BCUT2D eigenvalue weighted by molar-refractivity contribution is 0.490. The van der Waals surface area contributed by atoms with E-state index >= 15 is 0 Å². The highest BCUT2D eigenvalue weighted by Crippen LogP contribution is 2.26. The van der Waals surface area contributed by atoms with Crippen molar-refractivity contribution in [3.63, 3.8) is 0 Å². The first-order valence-electron chi connectivity index (χ1n) is 6.93. The molecule has 0 saturated carbocycles. The van der Waals surface area contributed by atoms with Gasteiger partial charge in [0.2, 0.25) is 0 Å². The number of benzene rings is 1. The van der Waals surface area contributed by atoms with Crippen molar-refractivity contribution in [2.45, 2.75) is 33.1 Å². The van der Waals surface area contributed by atoms with E-state index in [1.807, 2.05) is 18.2 Å². The zero-order valence-corrected chi connectivity index (χ0v) is 12.0. The summed E-state index contributed by atoms with van der Waals surface area (Å²) in [5.41, 5.74) is 9.20. The van der Waals surface area contributed by atoms with Gasteiger partial charge in [-0.1, -0.05) is 44.2 Å². The van der Waals surface area contributed by atoms with E-state index in [-0.39, 0.29) is 0 Å². The fourth-order valence-corrected chi connectivity index (χ4v) is 2.44. The van der Waals surface area contributed by atoms with E-state index in [4.69, 9.17) is 10.7 Å². The van der Waals surface area contributed by atoms with Gasteiger partial charge in [-0.15, -0.1) is 0 Å². The van der Waals surface area contributed by atoms with Gasteiger partial charge in [-0.05, 0) is 19.3 Å². The zero-order valence-electron chi connectivity index (χ0n) is 12.0. The summed E-state index contributed by atoms with van der Waals surface area (Å²) >= 11 is 0. The summed E-state index contributed by atoms with van der Waals surface area (Å²) < 4.78 is 0. The molecule has 0 spiro atoms. The lowest BCUT2D eigenvalue weighted by atomic mass is 9.97. The summed E-state index contributed by atoms with van der Waals surface area (Å²) in [5.74, 6) is 1.96. The van der Waals surface area contributed by atoms with Crippen molar-refractivity contribution in [2.75, 3.05) is 6.54 Å². The third-order valence-electron chi connectivity index (χ3n) is 3.38. The van der Waals surface area contributed by atoms with E-state index in [1.54, 1.807) is 0 Å². The van der Waals surface area contributed by atoms with Crippen molar-refractivity contribution in [1.29, 1.82) is 0 Å². The Labute approximate surface area is 115 Å². The molecule has 1 unspecified atom stereocenters. The van der Waals surface area contributed by atoms with Crippen molar-refractivity contribution >= 4 is 0 Å². The van der Waals surface area contributed by atoms with Crippen molar-refractivity contribution in [3.05, 3.63) is 41.9 Å². The molecule has 102 valence electrons. The topological polar surface area (TPSA) is 54.7 Å². The van der Waals surface area contributed by atoms with Crippen LogP contribution in [-0.2, 0) is 0 Å². The molecule has 0 aliphatic rings. The highest BCUT2D eigenvalue weighted by atomic mass is 14.9. The molecule has 0 saturated heterocycles. The Hall–Kier alpha value is -1.61. The molecule has 3 nitrogen and oxygen atoms in total. The Balaban J connectivity index is 2.30. The highest BCUT2D eigenvalue weighted by molar-refractivity contribution is 5.61. The van der Waals surface area contributed by atoms with Crippen molar-refractivity contribution in [2.24, 2.45) is 11.7 Å². The molecule has 1 atom stereocenters. The van der Waals surface area contributed by atoms with E-state index in [2.05, 4.69) is 37.9 Å². The molecule has 0 amide bonds. The molecular formula is C16H23N3. The van der Waals surface area contributed by atoms with Gasteiger partial charge in [0.25, 0.3) is 0 Å². The molecule has 3 heteroatoms. The van der Waals surface area contributed by atoms with Gasteiger partial charge in [0, 0.05) is 23.7 Å². The first-order valence-corrected chi connectivity index (χ1v) is 6.93. The minimum Gasteiger partial charge on any atom is -0.345 e. The van der Waals surface area contributed by atoms with Gasteiger partial charge in [0.1, 0.15) is 5.82 Å². The van der Waals surface area contributed by atoms with Gasteiger partial charge in [-0.25, -0.2) is 4.98 Å². The number of hydrogen-bond acceptors (Lipinski definition) is 2. The molecule has 1 aromatic heterocycles. The Kier molecular flexibility index (Phi) is 4.38. The Morgan fingerprint density at radius 2 is 1.89 bits per heavy atom. The van der Waals surface area contributed by atoms with Crippen molar-refractivity contribution in [3.8, 4) is 11.3 Å². The Bertz CT molecular complexity index is 514. The van der Waals surface area contributed by atoms with Crippen LogP contribution in [0.2, 0.25) is 0 Å². The average Bonchev–Trinajstić information content (AvgIpc) is 2.79. The number of aromatic amines is 1. The highest BCUT2D eigenvalue weighted by Gasteiger charge is 2.17. The number of nitrogens with one attached hydrogen (secondary N) is 1. The average molecular weight is 257 g/mol. The van der Waals surface area contributed by atoms with Crippen molar-refractivity contribution < 1.29 is 0 Å². The third kappa shape index (κ3) is 3.24. The van der Waals surface area contributed by atoms with Crippen LogP contribution in [0, 0.1) is 12.8 Å². The van der Waals surface area contributed by atoms with Gasteiger partial charge in [-0.3, -0.25) is 0 Å². The number of imidazole rings is 1. The Morgan fingerprint density at radius 3 is 2.47 bits per heavy atom. The molecular weight excluding hydrogens is 234 g/mol. The van der Waals surface area contributed by atoms with E-state index < -0.39 is 0 Å². The van der Waals surface area contributed by atoms with Crippen molar-refractivity contribution in [1.82, 2.24) is 9.97 Å². The number of H-pyrrole nitrogens is 1. The lowest BCUT2D eigenvalue weighted by Crippen LogP contribution is -2.16. The molecule has 2 rings (SSSR count). The van der Waals surface area contributed by atoms with E-state index in [1.165, 1.54) is 0 Å². The molecule has 1 heterocycles. The second-order valence-electron chi connectivity index (χ2n) is 5.52. The van der Waals surface area contributed by atoms with E-state index in [0.717, 1.165) is 29.2 Å². The van der Waals surface area contributed by atoms with Crippen LogP contribution >= 0.6 is 0 Å². The normalized spacial score (nSPS) is 12.9. The summed E-state index contributed by atoms with van der Waals surface area (Å²) in [6.45, 7) is 7.15. The second-order valence-corrected chi connectivity index (χ2v) is 5.52. The Morgan fingerprint density at radius 1 is 1.21 bits per heavy atom. The minimum atomic E-state index is 0.316. The van der Waals surface area contributed by atoms with E-state index in [0.29, 0.717) is 18.4 Å². The number of aromatic nitrogens is 2. The maximum atomic E-state index is 5.89. The molecule has 3 N–H and O–H groups in total. The maximum Gasteiger partial charge on any atom is 0.111 e. The van der Waals surface area contributed by atoms with Gasteiger partial charge in [0.15, 0.2) is 0 Å². The predicted octanol–water partition coefficient (Wildman–Crippen LogP) is 3.47. The van der Waals surface area contributed by atoms with Crippen LogP contribution in [0.1, 0.15) is 37.7 Å². The molecule has 0 aliphatic carbocycles. The van der Waals surface area contributed by atoms with E-state index in [9.17, 15) is 0 Å². The monoisotopic (exact) mass is 257 g/mol. The minimum absolute atomic E-state index is 0.316. The number of nitrogens with two attached hydrogens (primary N) is 1. The van der Waals surface area contributed by atoms with Crippen LogP contribution in [0.3, 0.4) is 0 Å². The maximum absolute atomic E-state index is 5.89. The number of hydrogen-bond donors (Lipinski definition) is 2. The molecule has 2 aromatic rings. The molecule has 0 radical (unpaired) electrons. The first kappa shape index (κ1) is 13.8. The van der Waals surface area contributed by atoms with Crippen LogP contribution in [0.15, 0.2) is 30.3 Å².